The predicted octanol–water partition coefficient (Wildman–Crippen LogP) is 4.94. The first-order valence-electron chi connectivity index (χ1n) is 8.10. The zero-order valence-electron chi connectivity index (χ0n) is 14.9. The lowest BCUT2D eigenvalue weighted by Gasteiger charge is -2.17. The summed E-state index contributed by atoms with van der Waals surface area (Å²) in [7, 11) is 1.35. The van der Waals surface area contributed by atoms with E-state index in [4.69, 9.17) is 27.9 Å². The number of hydrogen-bond acceptors (Lipinski definition) is 4. The smallest absolute Gasteiger partial charge is 0.316 e. The molecule has 0 unspecified atom stereocenters. The summed E-state index contributed by atoms with van der Waals surface area (Å²) in [6.07, 6.45) is 1.45. The van der Waals surface area contributed by atoms with Gasteiger partial charge in [-0.15, -0.1) is 0 Å². The zero-order chi connectivity index (χ0) is 20.4. The molecule has 2 aromatic carbocycles. The van der Waals surface area contributed by atoms with Gasteiger partial charge in [0.2, 0.25) is 11.7 Å². The molecule has 0 fully saturated rings. The van der Waals surface area contributed by atoms with Crippen molar-refractivity contribution in [3.63, 3.8) is 0 Å². The van der Waals surface area contributed by atoms with Crippen LogP contribution in [0.5, 0.6) is 5.75 Å². The highest BCUT2D eigenvalue weighted by molar-refractivity contribution is 6.31. The fraction of sp³-hybridized carbons (Fsp3) is 0.158. The minimum atomic E-state index is -0.609. The van der Waals surface area contributed by atoms with Crippen molar-refractivity contribution in [1.82, 2.24) is 9.55 Å². The van der Waals surface area contributed by atoms with Crippen molar-refractivity contribution < 1.29 is 13.5 Å². The average Bonchev–Trinajstić information content (AvgIpc) is 2.64. The molecule has 1 heterocycles. The largest absolute Gasteiger partial charge is 0.490 e. The molecule has 28 heavy (non-hydrogen) atoms. The van der Waals surface area contributed by atoms with Crippen molar-refractivity contribution in [2.75, 3.05) is 12.4 Å². The van der Waals surface area contributed by atoms with Gasteiger partial charge in [0.1, 0.15) is 11.6 Å². The van der Waals surface area contributed by atoms with Gasteiger partial charge in [0.05, 0.1) is 29.9 Å². The number of hydrogen-bond donors (Lipinski definition) is 1. The Balaban J connectivity index is 2.04. The molecule has 0 saturated heterocycles. The Morgan fingerprint density at radius 2 is 1.86 bits per heavy atom. The van der Waals surface area contributed by atoms with Crippen LogP contribution >= 0.6 is 23.2 Å². The molecule has 0 aliphatic rings. The van der Waals surface area contributed by atoms with E-state index < -0.39 is 17.2 Å². The van der Waals surface area contributed by atoms with Gasteiger partial charge < -0.3 is 14.6 Å². The molecule has 0 aliphatic carbocycles. The van der Waals surface area contributed by atoms with E-state index in [9.17, 15) is 13.6 Å². The molecule has 9 heteroatoms. The Bertz CT molecular complexity index is 1100. The molecular formula is C19H15Cl2F2N3O2. The van der Waals surface area contributed by atoms with Gasteiger partial charge in [0, 0.05) is 5.69 Å². The molecule has 0 aliphatic heterocycles. The Morgan fingerprint density at radius 1 is 1.14 bits per heavy atom. The number of halogens is 4. The molecule has 0 bridgehead atoms. The van der Waals surface area contributed by atoms with Crippen LogP contribution in [0.15, 0.2) is 41.3 Å². The average molecular weight is 426 g/mol. The third kappa shape index (κ3) is 4.26. The topological polar surface area (TPSA) is 56.1 Å². The Labute approximate surface area is 169 Å². The molecule has 0 amide bonds. The molecule has 1 N–H and O–H groups in total. The second kappa shape index (κ2) is 8.16. The summed E-state index contributed by atoms with van der Waals surface area (Å²) in [6.45, 7) is 1.94. The van der Waals surface area contributed by atoms with Crippen LogP contribution in [-0.2, 0) is 6.54 Å². The molecule has 0 atom stereocenters. The summed E-state index contributed by atoms with van der Waals surface area (Å²) in [5.74, 6) is -0.969. The van der Waals surface area contributed by atoms with Crippen LogP contribution in [0.2, 0.25) is 10.0 Å². The van der Waals surface area contributed by atoms with E-state index in [2.05, 4.69) is 10.3 Å². The predicted molar refractivity (Wildman–Crippen MR) is 105 cm³/mol. The molecular weight excluding hydrogens is 411 g/mol. The summed E-state index contributed by atoms with van der Waals surface area (Å²) in [5.41, 5.74) is 1.13. The molecule has 1 aromatic heterocycles. The number of methoxy groups -OCH3 is 1. The number of ether oxygens (including phenoxy) is 1. The normalized spacial score (nSPS) is 10.8. The lowest BCUT2D eigenvalue weighted by Crippen LogP contribution is -2.19. The third-order valence-corrected chi connectivity index (χ3v) is 4.61. The van der Waals surface area contributed by atoms with Crippen molar-refractivity contribution in [3.8, 4) is 5.75 Å². The maximum atomic E-state index is 13.9. The van der Waals surface area contributed by atoms with Crippen LogP contribution in [-0.4, -0.2) is 16.7 Å². The van der Waals surface area contributed by atoms with Crippen LogP contribution in [0.3, 0.4) is 0 Å². The van der Waals surface area contributed by atoms with E-state index in [0.29, 0.717) is 16.8 Å². The summed E-state index contributed by atoms with van der Waals surface area (Å²) >= 11 is 11.6. The fourth-order valence-electron chi connectivity index (χ4n) is 2.57. The van der Waals surface area contributed by atoms with Crippen molar-refractivity contribution in [2.24, 2.45) is 0 Å². The molecule has 146 valence electrons. The SMILES string of the molecule is COc1cn(Cc2ccc(F)c(Cl)c2)c(Nc2cc(F)c(Cl)cc2C)nc1=O. The van der Waals surface area contributed by atoms with Crippen LogP contribution in [0.1, 0.15) is 11.1 Å². The minimum absolute atomic E-state index is 0.0101. The number of aromatic nitrogens is 2. The number of nitrogens with one attached hydrogen (secondary N) is 1. The lowest BCUT2D eigenvalue weighted by molar-refractivity contribution is 0.402. The van der Waals surface area contributed by atoms with Gasteiger partial charge >= 0.3 is 5.56 Å². The second-order valence-electron chi connectivity index (χ2n) is 6.02. The number of nitrogens with zero attached hydrogens (tertiary/aromatic N) is 2. The van der Waals surface area contributed by atoms with Crippen LogP contribution in [0, 0.1) is 18.6 Å². The van der Waals surface area contributed by atoms with Crippen molar-refractivity contribution in [1.29, 1.82) is 0 Å². The summed E-state index contributed by atoms with van der Waals surface area (Å²) in [5, 5.41) is 2.90. The van der Waals surface area contributed by atoms with Crippen molar-refractivity contribution in [3.05, 3.63) is 79.7 Å². The Kier molecular flexibility index (Phi) is 5.86. The number of benzene rings is 2. The van der Waals surface area contributed by atoms with Gasteiger partial charge in [0.25, 0.3) is 0 Å². The van der Waals surface area contributed by atoms with E-state index in [1.165, 1.54) is 37.6 Å². The highest BCUT2D eigenvalue weighted by Gasteiger charge is 2.13. The summed E-state index contributed by atoms with van der Waals surface area (Å²) in [6, 6.07) is 6.95. The Morgan fingerprint density at radius 3 is 2.54 bits per heavy atom. The maximum absolute atomic E-state index is 13.9. The quantitative estimate of drug-likeness (QED) is 0.628. The number of aryl methyl sites for hydroxylation is 1. The van der Waals surface area contributed by atoms with Gasteiger partial charge in [0.15, 0.2) is 0 Å². The molecule has 0 spiro atoms. The first kappa shape index (κ1) is 20.1. The number of rotatable bonds is 5. The lowest BCUT2D eigenvalue weighted by atomic mass is 10.2. The summed E-state index contributed by atoms with van der Waals surface area (Å²) in [4.78, 5) is 16.1. The zero-order valence-corrected chi connectivity index (χ0v) is 16.4. The van der Waals surface area contributed by atoms with Gasteiger partial charge in [-0.25, -0.2) is 8.78 Å². The third-order valence-electron chi connectivity index (χ3n) is 4.03. The highest BCUT2D eigenvalue weighted by Crippen LogP contribution is 2.26. The van der Waals surface area contributed by atoms with E-state index in [0.717, 1.165) is 0 Å². The van der Waals surface area contributed by atoms with Gasteiger partial charge in [-0.3, -0.25) is 4.79 Å². The molecule has 3 aromatic rings. The van der Waals surface area contributed by atoms with Crippen molar-refractivity contribution >= 4 is 34.8 Å². The van der Waals surface area contributed by atoms with Crippen LogP contribution in [0.25, 0.3) is 0 Å². The monoisotopic (exact) mass is 425 g/mol. The van der Waals surface area contributed by atoms with Crippen LogP contribution in [0.4, 0.5) is 20.4 Å². The molecule has 5 nitrogen and oxygen atoms in total. The molecule has 0 saturated carbocycles. The van der Waals surface area contributed by atoms with Gasteiger partial charge in [-0.05, 0) is 42.3 Å². The molecule has 0 radical (unpaired) electrons. The van der Waals surface area contributed by atoms with Gasteiger partial charge in [-0.2, -0.15) is 4.98 Å². The first-order chi connectivity index (χ1) is 13.3. The van der Waals surface area contributed by atoms with E-state index in [1.807, 2.05) is 0 Å². The second-order valence-corrected chi connectivity index (χ2v) is 6.84. The number of anilines is 2. The van der Waals surface area contributed by atoms with E-state index in [-0.39, 0.29) is 28.3 Å². The van der Waals surface area contributed by atoms with E-state index >= 15 is 0 Å². The minimum Gasteiger partial charge on any atom is -0.490 e. The molecule has 3 rings (SSSR count). The first-order valence-corrected chi connectivity index (χ1v) is 8.86. The van der Waals surface area contributed by atoms with Crippen molar-refractivity contribution in [2.45, 2.75) is 13.5 Å². The summed E-state index contributed by atoms with van der Waals surface area (Å²) < 4.78 is 33.9. The highest BCUT2D eigenvalue weighted by atomic mass is 35.5. The Hall–Kier alpha value is -2.64. The standard InChI is InChI=1S/C19H15Cl2F2N3O2/c1-10-5-12(20)15(23)7-16(10)24-19-25-18(27)17(28-2)9-26(19)8-11-3-4-14(22)13(21)6-11/h3-7,9H,8H2,1-2H3,(H,24,25,27). The fourth-order valence-corrected chi connectivity index (χ4v) is 2.99. The van der Waals surface area contributed by atoms with E-state index in [1.54, 1.807) is 17.6 Å². The van der Waals surface area contributed by atoms with Crippen LogP contribution < -0.4 is 15.6 Å². The maximum Gasteiger partial charge on any atom is 0.316 e. The van der Waals surface area contributed by atoms with Gasteiger partial charge in [-0.1, -0.05) is 29.3 Å².